The monoisotopic (exact) mass is 323 g/mol. The number of hydrogen-bond acceptors (Lipinski definition) is 2. The summed E-state index contributed by atoms with van der Waals surface area (Å²) in [5.41, 5.74) is 7.74. The second-order valence-electron chi connectivity index (χ2n) is 5.18. The molecule has 21 heavy (non-hydrogen) atoms. The van der Waals surface area contributed by atoms with Crippen LogP contribution in [0, 0.1) is 0 Å². The molecular weight excluding hydrogens is 309 g/mol. The molecule has 1 saturated heterocycles. The minimum atomic E-state index is -0.0414. The van der Waals surface area contributed by atoms with Crippen LogP contribution in [0.4, 0.5) is 5.69 Å². The summed E-state index contributed by atoms with van der Waals surface area (Å²) in [6.45, 7) is 0.725. The molecule has 4 nitrogen and oxygen atoms in total. The van der Waals surface area contributed by atoms with E-state index in [9.17, 15) is 4.79 Å². The molecule has 2 aromatic rings. The van der Waals surface area contributed by atoms with Crippen LogP contribution < -0.4 is 5.73 Å². The van der Waals surface area contributed by atoms with Crippen LogP contribution in [0.15, 0.2) is 30.5 Å². The molecule has 1 unspecified atom stereocenters. The Morgan fingerprint density at radius 1 is 1.29 bits per heavy atom. The summed E-state index contributed by atoms with van der Waals surface area (Å²) in [5, 5.41) is 1.03. The number of amides is 1. The third-order valence-electron chi connectivity index (χ3n) is 3.78. The first-order chi connectivity index (χ1) is 10.1. The molecule has 1 fully saturated rings. The average Bonchev–Trinajstić information content (AvgIpc) is 3.10. The fourth-order valence-electron chi connectivity index (χ4n) is 2.77. The topological polar surface area (TPSA) is 62.1 Å². The predicted molar refractivity (Wildman–Crippen MR) is 84.7 cm³/mol. The molecule has 0 spiro atoms. The molecule has 1 aliphatic heterocycles. The van der Waals surface area contributed by atoms with Crippen molar-refractivity contribution in [2.75, 3.05) is 12.3 Å². The van der Waals surface area contributed by atoms with Crippen LogP contribution in [0.25, 0.3) is 0 Å². The summed E-state index contributed by atoms with van der Waals surface area (Å²) in [4.78, 5) is 17.3. The zero-order valence-electron chi connectivity index (χ0n) is 11.3. The Bertz CT molecular complexity index is 683. The molecule has 2 heterocycles. The molecule has 0 bridgehead atoms. The van der Waals surface area contributed by atoms with Crippen molar-refractivity contribution >= 4 is 34.8 Å². The molecular formula is C15H15Cl2N3O. The van der Waals surface area contributed by atoms with Crippen molar-refractivity contribution in [3.8, 4) is 0 Å². The predicted octanol–water partition coefficient (Wildman–Crippen LogP) is 3.88. The first-order valence-electron chi connectivity index (χ1n) is 6.76. The Hall–Kier alpha value is -1.65. The van der Waals surface area contributed by atoms with Crippen LogP contribution in [-0.2, 0) is 0 Å². The molecule has 3 rings (SSSR count). The number of nitrogens with two attached hydrogens (primary N) is 1. The molecule has 110 valence electrons. The Kier molecular flexibility index (Phi) is 3.83. The number of halogens is 2. The number of rotatable bonds is 2. The second kappa shape index (κ2) is 5.62. The van der Waals surface area contributed by atoms with Gasteiger partial charge in [0.25, 0.3) is 5.91 Å². The number of likely N-dealkylation sites (tertiary alicyclic amines) is 1. The minimum absolute atomic E-state index is 0.0248. The van der Waals surface area contributed by atoms with Gasteiger partial charge in [0.1, 0.15) is 5.69 Å². The van der Waals surface area contributed by atoms with E-state index in [0.717, 1.165) is 24.9 Å². The highest BCUT2D eigenvalue weighted by atomic mass is 35.5. The lowest BCUT2D eigenvalue weighted by atomic mass is 10.0. The zero-order valence-corrected chi connectivity index (χ0v) is 12.8. The van der Waals surface area contributed by atoms with Gasteiger partial charge in [-0.25, -0.2) is 0 Å². The fourth-order valence-corrected chi connectivity index (χ4v) is 3.07. The minimum Gasteiger partial charge on any atom is -0.397 e. The van der Waals surface area contributed by atoms with Crippen molar-refractivity contribution < 1.29 is 4.79 Å². The molecule has 3 N–H and O–H groups in total. The Morgan fingerprint density at radius 3 is 2.76 bits per heavy atom. The number of aromatic nitrogens is 1. The van der Waals surface area contributed by atoms with E-state index in [4.69, 9.17) is 28.9 Å². The highest BCUT2D eigenvalue weighted by Crippen LogP contribution is 2.35. The van der Waals surface area contributed by atoms with E-state index in [1.165, 1.54) is 0 Å². The molecule has 1 amide bonds. The fraction of sp³-hybridized carbons (Fsp3) is 0.267. The van der Waals surface area contributed by atoms with Gasteiger partial charge in [0, 0.05) is 18.4 Å². The number of anilines is 1. The van der Waals surface area contributed by atoms with Crippen LogP contribution in [-0.4, -0.2) is 22.3 Å². The third-order valence-corrected chi connectivity index (χ3v) is 4.52. The SMILES string of the molecule is Nc1c[nH]c(C(=O)N2CCCC2c2ccc(Cl)c(Cl)c2)c1. The van der Waals surface area contributed by atoms with Gasteiger partial charge in [-0.15, -0.1) is 0 Å². The first kappa shape index (κ1) is 14.3. The number of nitrogens with one attached hydrogen (secondary N) is 1. The van der Waals surface area contributed by atoms with Gasteiger partial charge in [0.15, 0.2) is 0 Å². The molecule has 1 aromatic carbocycles. The van der Waals surface area contributed by atoms with Crippen molar-refractivity contribution in [3.63, 3.8) is 0 Å². The average molecular weight is 324 g/mol. The van der Waals surface area contributed by atoms with Crippen LogP contribution in [0.5, 0.6) is 0 Å². The number of nitrogens with zero attached hydrogens (tertiary/aromatic N) is 1. The van der Waals surface area contributed by atoms with Gasteiger partial charge in [-0.05, 0) is 36.6 Å². The highest BCUT2D eigenvalue weighted by molar-refractivity contribution is 6.42. The normalized spacial score (nSPS) is 18.2. The van der Waals surface area contributed by atoms with Gasteiger partial charge in [0.05, 0.1) is 16.1 Å². The lowest BCUT2D eigenvalue weighted by Gasteiger charge is -2.25. The number of carbonyl (C=O) groups is 1. The molecule has 1 aliphatic rings. The Balaban J connectivity index is 1.88. The van der Waals surface area contributed by atoms with Gasteiger partial charge in [-0.3, -0.25) is 4.79 Å². The maximum atomic E-state index is 12.6. The largest absolute Gasteiger partial charge is 0.397 e. The maximum Gasteiger partial charge on any atom is 0.270 e. The van der Waals surface area contributed by atoms with Crippen LogP contribution >= 0.6 is 23.2 Å². The van der Waals surface area contributed by atoms with Gasteiger partial charge in [-0.1, -0.05) is 29.3 Å². The van der Waals surface area contributed by atoms with E-state index < -0.39 is 0 Å². The lowest BCUT2D eigenvalue weighted by Crippen LogP contribution is -2.30. The van der Waals surface area contributed by atoms with Crippen molar-refractivity contribution in [1.82, 2.24) is 9.88 Å². The van der Waals surface area contributed by atoms with Gasteiger partial charge in [0.2, 0.25) is 0 Å². The summed E-state index contributed by atoms with van der Waals surface area (Å²) >= 11 is 12.0. The first-order valence-corrected chi connectivity index (χ1v) is 7.51. The lowest BCUT2D eigenvalue weighted by molar-refractivity contribution is 0.0730. The smallest absolute Gasteiger partial charge is 0.270 e. The van der Waals surface area contributed by atoms with E-state index in [0.29, 0.717) is 21.4 Å². The summed E-state index contributed by atoms with van der Waals surface area (Å²) < 4.78 is 0. The quantitative estimate of drug-likeness (QED) is 0.880. The van der Waals surface area contributed by atoms with Gasteiger partial charge in [-0.2, -0.15) is 0 Å². The zero-order chi connectivity index (χ0) is 15.0. The number of aromatic amines is 1. The van der Waals surface area contributed by atoms with Crippen LogP contribution in [0.2, 0.25) is 10.0 Å². The van der Waals surface area contributed by atoms with Crippen LogP contribution in [0.3, 0.4) is 0 Å². The molecule has 0 aliphatic carbocycles. The van der Waals surface area contributed by atoms with Crippen LogP contribution in [0.1, 0.15) is 34.9 Å². The van der Waals surface area contributed by atoms with Crippen molar-refractivity contribution in [2.45, 2.75) is 18.9 Å². The summed E-state index contributed by atoms with van der Waals surface area (Å²) in [6.07, 6.45) is 3.50. The molecule has 1 aromatic heterocycles. The number of nitrogen functional groups attached to an aromatic ring is 1. The number of H-pyrrole nitrogens is 1. The van der Waals surface area contributed by atoms with E-state index >= 15 is 0 Å². The van der Waals surface area contributed by atoms with E-state index in [1.807, 2.05) is 17.0 Å². The van der Waals surface area contributed by atoms with E-state index in [1.54, 1.807) is 18.3 Å². The number of benzene rings is 1. The van der Waals surface area contributed by atoms with Crippen molar-refractivity contribution in [3.05, 3.63) is 51.8 Å². The summed E-state index contributed by atoms with van der Waals surface area (Å²) in [5.74, 6) is -0.0414. The second-order valence-corrected chi connectivity index (χ2v) is 5.99. The molecule has 0 radical (unpaired) electrons. The Morgan fingerprint density at radius 2 is 2.10 bits per heavy atom. The number of hydrogen-bond donors (Lipinski definition) is 2. The maximum absolute atomic E-state index is 12.6. The standard InChI is InChI=1S/C15H15Cl2N3O/c16-11-4-3-9(6-12(11)17)14-2-1-5-20(14)15(21)13-7-10(18)8-19-13/h3-4,6-8,14,19H,1-2,5,18H2. The third kappa shape index (κ3) is 2.74. The van der Waals surface area contributed by atoms with E-state index in [2.05, 4.69) is 4.98 Å². The van der Waals surface area contributed by atoms with Gasteiger partial charge >= 0.3 is 0 Å². The van der Waals surface area contributed by atoms with E-state index in [-0.39, 0.29) is 11.9 Å². The summed E-state index contributed by atoms with van der Waals surface area (Å²) in [7, 11) is 0. The Labute approximate surface area is 132 Å². The summed E-state index contributed by atoms with van der Waals surface area (Å²) in [6, 6.07) is 7.22. The van der Waals surface area contributed by atoms with Crippen molar-refractivity contribution in [1.29, 1.82) is 0 Å². The molecule has 1 atom stereocenters. The molecule has 6 heteroatoms. The van der Waals surface area contributed by atoms with Gasteiger partial charge < -0.3 is 15.6 Å². The molecule has 0 saturated carbocycles. The highest BCUT2D eigenvalue weighted by Gasteiger charge is 2.31. The van der Waals surface area contributed by atoms with Crippen molar-refractivity contribution in [2.24, 2.45) is 0 Å². The number of carbonyl (C=O) groups excluding carboxylic acids is 1.